The molecule has 2 atom stereocenters. The minimum Gasteiger partial charge on any atom is -0.327 e. The standard InChI is InChI=1S/C11H16FNS/c1-7-4-5-9(14-7)11(12)6-8(13)10(11,2)3/h4-5,8H,6,13H2,1-3H3. The molecule has 0 aliphatic heterocycles. The van der Waals surface area contributed by atoms with Crippen molar-refractivity contribution in [2.45, 2.75) is 38.9 Å². The van der Waals surface area contributed by atoms with Gasteiger partial charge in [0.15, 0.2) is 5.67 Å². The summed E-state index contributed by atoms with van der Waals surface area (Å²) in [4.78, 5) is 2.00. The van der Waals surface area contributed by atoms with Crippen LogP contribution in [-0.4, -0.2) is 6.04 Å². The van der Waals surface area contributed by atoms with Crippen molar-refractivity contribution in [1.82, 2.24) is 0 Å². The normalized spacial score (nSPS) is 35.4. The third-order valence-corrected chi connectivity index (χ3v) is 4.72. The summed E-state index contributed by atoms with van der Waals surface area (Å²) in [5, 5.41) is 0. The predicted molar refractivity (Wildman–Crippen MR) is 58.2 cm³/mol. The number of thiophene rings is 1. The van der Waals surface area contributed by atoms with Crippen molar-refractivity contribution in [3.05, 3.63) is 21.9 Å². The van der Waals surface area contributed by atoms with Crippen molar-refractivity contribution in [2.24, 2.45) is 11.1 Å². The molecule has 1 aliphatic carbocycles. The summed E-state index contributed by atoms with van der Waals surface area (Å²) in [6.45, 7) is 5.83. The molecule has 0 amide bonds. The first-order valence-corrected chi connectivity index (χ1v) is 5.71. The lowest BCUT2D eigenvalue weighted by atomic mass is 9.56. The molecular formula is C11H16FNS. The van der Waals surface area contributed by atoms with Gasteiger partial charge in [-0.25, -0.2) is 4.39 Å². The highest BCUT2D eigenvalue weighted by Gasteiger charge is 2.61. The fourth-order valence-corrected chi connectivity index (χ4v) is 3.18. The predicted octanol–water partition coefficient (Wildman–Crippen LogP) is 2.98. The number of alkyl halides is 1. The molecule has 0 spiro atoms. The van der Waals surface area contributed by atoms with E-state index in [9.17, 15) is 4.39 Å². The SMILES string of the molecule is Cc1ccc(C2(F)CC(N)C2(C)C)s1. The van der Waals surface area contributed by atoms with Crippen LogP contribution >= 0.6 is 11.3 Å². The van der Waals surface area contributed by atoms with Gasteiger partial charge in [0, 0.05) is 27.6 Å². The van der Waals surface area contributed by atoms with Gasteiger partial charge in [0.2, 0.25) is 0 Å². The molecule has 0 bridgehead atoms. The Bertz CT molecular complexity index is 358. The maximum atomic E-state index is 14.6. The number of hydrogen-bond acceptors (Lipinski definition) is 2. The second-order valence-electron chi connectivity index (χ2n) is 4.74. The number of nitrogens with two attached hydrogens (primary N) is 1. The van der Waals surface area contributed by atoms with Crippen molar-refractivity contribution in [2.75, 3.05) is 0 Å². The van der Waals surface area contributed by atoms with E-state index in [0.29, 0.717) is 6.42 Å². The molecular weight excluding hydrogens is 197 g/mol. The molecule has 0 saturated heterocycles. The van der Waals surface area contributed by atoms with Gasteiger partial charge in [-0.15, -0.1) is 11.3 Å². The summed E-state index contributed by atoms with van der Waals surface area (Å²) in [7, 11) is 0. The van der Waals surface area contributed by atoms with Crippen LogP contribution in [0, 0.1) is 12.3 Å². The zero-order valence-corrected chi connectivity index (χ0v) is 9.62. The number of rotatable bonds is 1. The number of aryl methyl sites for hydroxylation is 1. The van der Waals surface area contributed by atoms with E-state index in [1.807, 2.05) is 32.9 Å². The Kier molecular flexibility index (Phi) is 2.02. The Labute approximate surface area is 88.1 Å². The van der Waals surface area contributed by atoms with E-state index in [-0.39, 0.29) is 6.04 Å². The first-order chi connectivity index (χ1) is 6.38. The summed E-state index contributed by atoms with van der Waals surface area (Å²) >= 11 is 1.54. The third kappa shape index (κ3) is 1.09. The van der Waals surface area contributed by atoms with E-state index in [4.69, 9.17) is 5.73 Å². The van der Waals surface area contributed by atoms with Gasteiger partial charge in [0.05, 0.1) is 0 Å². The highest BCUT2D eigenvalue weighted by molar-refractivity contribution is 7.12. The molecule has 1 saturated carbocycles. The van der Waals surface area contributed by atoms with Gasteiger partial charge in [0.1, 0.15) is 0 Å². The molecule has 2 unspecified atom stereocenters. The second kappa shape index (κ2) is 2.80. The first kappa shape index (κ1) is 10.1. The highest BCUT2D eigenvalue weighted by atomic mass is 32.1. The Hall–Kier alpha value is -0.410. The lowest BCUT2D eigenvalue weighted by molar-refractivity contribution is -0.105. The van der Waals surface area contributed by atoms with E-state index >= 15 is 0 Å². The van der Waals surface area contributed by atoms with Crippen LogP contribution < -0.4 is 5.73 Å². The van der Waals surface area contributed by atoms with Crippen molar-refractivity contribution in [3.8, 4) is 0 Å². The largest absolute Gasteiger partial charge is 0.327 e. The second-order valence-corrected chi connectivity index (χ2v) is 6.03. The van der Waals surface area contributed by atoms with Gasteiger partial charge in [-0.2, -0.15) is 0 Å². The molecule has 14 heavy (non-hydrogen) atoms. The maximum Gasteiger partial charge on any atom is 0.153 e. The number of hydrogen-bond donors (Lipinski definition) is 1. The van der Waals surface area contributed by atoms with E-state index in [2.05, 4.69) is 0 Å². The zero-order valence-electron chi connectivity index (χ0n) is 8.80. The molecule has 1 nitrogen and oxygen atoms in total. The van der Waals surface area contributed by atoms with Crippen LogP contribution in [0.2, 0.25) is 0 Å². The van der Waals surface area contributed by atoms with E-state index < -0.39 is 11.1 Å². The van der Waals surface area contributed by atoms with Crippen LogP contribution in [-0.2, 0) is 5.67 Å². The van der Waals surface area contributed by atoms with Crippen LogP contribution in [0.5, 0.6) is 0 Å². The molecule has 1 aliphatic rings. The van der Waals surface area contributed by atoms with E-state index in [1.54, 1.807) is 11.3 Å². The summed E-state index contributed by atoms with van der Waals surface area (Å²) < 4.78 is 14.6. The molecule has 0 radical (unpaired) electrons. The fourth-order valence-electron chi connectivity index (χ4n) is 2.05. The molecule has 1 fully saturated rings. The van der Waals surface area contributed by atoms with Gasteiger partial charge < -0.3 is 5.73 Å². The molecule has 2 N–H and O–H groups in total. The Balaban J connectivity index is 2.36. The maximum absolute atomic E-state index is 14.6. The Morgan fingerprint density at radius 1 is 1.50 bits per heavy atom. The smallest absolute Gasteiger partial charge is 0.153 e. The van der Waals surface area contributed by atoms with Crippen LogP contribution in [0.3, 0.4) is 0 Å². The molecule has 78 valence electrons. The van der Waals surface area contributed by atoms with Gasteiger partial charge in [-0.1, -0.05) is 13.8 Å². The van der Waals surface area contributed by atoms with Gasteiger partial charge in [-0.05, 0) is 19.1 Å². The summed E-state index contributed by atoms with van der Waals surface area (Å²) in [6, 6.07) is 3.85. The molecule has 1 heterocycles. The zero-order chi connectivity index (χ0) is 10.6. The van der Waals surface area contributed by atoms with Crippen molar-refractivity contribution in [1.29, 1.82) is 0 Å². The monoisotopic (exact) mass is 213 g/mol. The van der Waals surface area contributed by atoms with Gasteiger partial charge in [-0.3, -0.25) is 0 Å². The van der Waals surface area contributed by atoms with Crippen LogP contribution in [0.1, 0.15) is 30.0 Å². The summed E-state index contributed by atoms with van der Waals surface area (Å²) in [5.74, 6) is 0. The molecule has 0 aromatic carbocycles. The average molecular weight is 213 g/mol. The minimum absolute atomic E-state index is 0.0186. The summed E-state index contributed by atoms with van der Waals surface area (Å²) in [6.07, 6.45) is 0.458. The van der Waals surface area contributed by atoms with Crippen LogP contribution in [0.15, 0.2) is 12.1 Å². The average Bonchev–Trinajstić information content (AvgIpc) is 2.52. The lowest BCUT2D eigenvalue weighted by Crippen LogP contribution is -2.62. The highest BCUT2D eigenvalue weighted by Crippen LogP contribution is 2.59. The van der Waals surface area contributed by atoms with Crippen LogP contribution in [0.25, 0.3) is 0 Å². The van der Waals surface area contributed by atoms with Crippen molar-refractivity contribution in [3.63, 3.8) is 0 Å². The topological polar surface area (TPSA) is 26.0 Å². The molecule has 2 rings (SSSR count). The van der Waals surface area contributed by atoms with Gasteiger partial charge >= 0.3 is 0 Å². The third-order valence-electron chi connectivity index (χ3n) is 3.58. The van der Waals surface area contributed by atoms with Crippen molar-refractivity contribution >= 4 is 11.3 Å². The molecule has 1 aromatic heterocycles. The fraction of sp³-hybridized carbons (Fsp3) is 0.636. The van der Waals surface area contributed by atoms with E-state index in [0.717, 1.165) is 9.75 Å². The van der Waals surface area contributed by atoms with Gasteiger partial charge in [0.25, 0.3) is 0 Å². The first-order valence-electron chi connectivity index (χ1n) is 4.89. The van der Waals surface area contributed by atoms with Crippen molar-refractivity contribution < 1.29 is 4.39 Å². The quantitative estimate of drug-likeness (QED) is 0.762. The van der Waals surface area contributed by atoms with Crippen LogP contribution in [0.4, 0.5) is 4.39 Å². The summed E-state index contributed by atoms with van der Waals surface area (Å²) in [5.41, 5.74) is 4.21. The lowest BCUT2D eigenvalue weighted by Gasteiger charge is -2.54. The van der Waals surface area contributed by atoms with E-state index in [1.165, 1.54) is 0 Å². The number of halogens is 1. The Morgan fingerprint density at radius 2 is 2.14 bits per heavy atom. The Morgan fingerprint density at radius 3 is 2.50 bits per heavy atom. The molecule has 1 aromatic rings. The molecule has 3 heteroatoms. The minimum atomic E-state index is -1.20.